The van der Waals surface area contributed by atoms with E-state index in [4.69, 9.17) is 9.66 Å². The molecule has 0 saturated heterocycles. The van der Waals surface area contributed by atoms with Crippen LogP contribution in [0.5, 0.6) is 0 Å². The van der Waals surface area contributed by atoms with Crippen LogP contribution in [0.1, 0.15) is 0 Å². The van der Waals surface area contributed by atoms with Crippen molar-refractivity contribution in [3.8, 4) is 0 Å². The summed E-state index contributed by atoms with van der Waals surface area (Å²) >= 11 is 0. The van der Waals surface area contributed by atoms with Crippen molar-refractivity contribution in [1.82, 2.24) is 0 Å². The molecule has 0 heterocycles. The summed E-state index contributed by atoms with van der Waals surface area (Å²) in [6, 6.07) is 0. The predicted octanol–water partition coefficient (Wildman–Crippen LogP) is -0.851. The van der Waals surface area contributed by atoms with E-state index in [0.717, 1.165) is 0 Å². The van der Waals surface area contributed by atoms with Crippen LogP contribution in [0.3, 0.4) is 0 Å². The zero-order chi connectivity index (χ0) is 9.28. The van der Waals surface area contributed by atoms with Crippen molar-refractivity contribution < 1.29 is 31.2 Å². The molecule has 12 heavy (non-hydrogen) atoms. The molecule has 0 saturated carbocycles. The molecule has 0 spiro atoms. The Kier molecular flexibility index (Phi) is 6.03. The summed E-state index contributed by atoms with van der Waals surface area (Å²) in [5, 5.41) is 2.86. The first-order valence-corrected chi connectivity index (χ1v) is 3.77. The van der Waals surface area contributed by atoms with Gasteiger partial charge in [0.05, 0.1) is 6.61 Å². The Labute approximate surface area is 88.8 Å². The number of alkyl halides is 3. The van der Waals surface area contributed by atoms with Gasteiger partial charge in [0.15, 0.2) is 0 Å². The molecule has 0 aromatic rings. The van der Waals surface area contributed by atoms with Gasteiger partial charge in [0.2, 0.25) is 6.17 Å². The average Bonchev–Trinajstić information content (AvgIpc) is 1.83. The number of hydrogen-bond donors (Lipinski definition) is 2. The third-order valence-corrected chi connectivity index (χ3v) is 1.81. The molecule has 1 atom stereocenters. The number of aliphatic hydroxyl groups excluding tert-OH is 1. The first kappa shape index (κ1) is 15.1. The minimum atomic E-state index is -5.78. The number of hydrogen-bond acceptors (Lipinski definition) is 3. The van der Waals surface area contributed by atoms with E-state index in [1.54, 1.807) is 0 Å². The Morgan fingerprint density at radius 3 is 1.83 bits per heavy atom. The van der Waals surface area contributed by atoms with Crippen LogP contribution in [0, 0.1) is 0 Å². The number of halogens is 3. The Hall–Kier alpha value is 0.660. The molecule has 0 rings (SSSR count). The molecule has 0 aromatic carbocycles. The van der Waals surface area contributed by atoms with Crippen molar-refractivity contribution in [3.05, 3.63) is 0 Å². The SMILES string of the molecule is O=S(=O)(O)C(F)(F)C(F)CO.[NaH]. The van der Waals surface area contributed by atoms with Gasteiger partial charge in [0, 0.05) is 0 Å². The molecule has 0 radical (unpaired) electrons. The van der Waals surface area contributed by atoms with E-state index < -0.39 is 28.2 Å². The molecule has 0 fully saturated rings. The second-order valence-corrected chi connectivity index (χ2v) is 3.18. The van der Waals surface area contributed by atoms with E-state index in [1.165, 1.54) is 0 Å². The fourth-order valence-electron chi connectivity index (χ4n) is 0.268. The average molecular weight is 218 g/mol. The standard InChI is InChI=1S/C3H5F3O4S.Na.H/c4-2(1-7)3(5,6)11(8,9)10;;/h2,7H,1H2,(H,8,9,10);;. The van der Waals surface area contributed by atoms with E-state index in [1.807, 2.05) is 0 Å². The monoisotopic (exact) mass is 218 g/mol. The number of rotatable bonds is 3. The van der Waals surface area contributed by atoms with Crippen LogP contribution >= 0.6 is 0 Å². The van der Waals surface area contributed by atoms with Crippen LogP contribution in [0.4, 0.5) is 13.2 Å². The fraction of sp³-hybridized carbons (Fsp3) is 1.00. The second kappa shape index (κ2) is 4.77. The zero-order valence-electron chi connectivity index (χ0n) is 5.04. The molecule has 2 N–H and O–H groups in total. The van der Waals surface area contributed by atoms with Crippen molar-refractivity contribution in [2.75, 3.05) is 6.61 Å². The molecule has 0 aromatic heterocycles. The van der Waals surface area contributed by atoms with Gasteiger partial charge in [0.1, 0.15) is 0 Å². The van der Waals surface area contributed by atoms with Gasteiger partial charge in [-0.05, 0) is 0 Å². The summed E-state index contributed by atoms with van der Waals surface area (Å²) in [4.78, 5) is 0. The Bertz CT molecular complexity index is 228. The van der Waals surface area contributed by atoms with Crippen molar-refractivity contribution in [1.29, 1.82) is 0 Å². The van der Waals surface area contributed by atoms with E-state index in [9.17, 15) is 21.6 Å². The molecule has 0 aliphatic heterocycles. The van der Waals surface area contributed by atoms with Crippen LogP contribution in [0.15, 0.2) is 0 Å². The summed E-state index contributed by atoms with van der Waals surface area (Å²) in [6.07, 6.45) is -3.31. The van der Waals surface area contributed by atoms with Crippen LogP contribution in [0.25, 0.3) is 0 Å². The zero-order valence-corrected chi connectivity index (χ0v) is 5.85. The van der Waals surface area contributed by atoms with E-state index in [-0.39, 0.29) is 29.6 Å². The molecule has 70 valence electrons. The van der Waals surface area contributed by atoms with Gasteiger partial charge in [-0.1, -0.05) is 0 Å². The summed E-state index contributed by atoms with van der Waals surface area (Å²) in [7, 11) is -5.78. The van der Waals surface area contributed by atoms with E-state index in [0.29, 0.717) is 0 Å². The van der Waals surface area contributed by atoms with E-state index in [2.05, 4.69) is 0 Å². The van der Waals surface area contributed by atoms with E-state index >= 15 is 0 Å². The summed E-state index contributed by atoms with van der Waals surface area (Å²) in [5.74, 6) is 0. The first-order valence-electron chi connectivity index (χ1n) is 2.33. The molecule has 0 aliphatic rings. The fourth-order valence-corrected chi connectivity index (χ4v) is 0.666. The minimum absolute atomic E-state index is 0. The van der Waals surface area contributed by atoms with Crippen molar-refractivity contribution in [2.45, 2.75) is 11.4 Å². The molecule has 0 aliphatic carbocycles. The van der Waals surface area contributed by atoms with Crippen molar-refractivity contribution >= 4 is 39.7 Å². The summed E-state index contributed by atoms with van der Waals surface area (Å²) < 4.78 is 62.9. The third-order valence-electron chi connectivity index (χ3n) is 0.869. The number of aliphatic hydroxyl groups is 1. The molecule has 0 bridgehead atoms. The normalized spacial score (nSPS) is 15.1. The van der Waals surface area contributed by atoms with Crippen molar-refractivity contribution in [3.63, 3.8) is 0 Å². The molecule has 0 amide bonds. The van der Waals surface area contributed by atoms with Gasteiger partial charge in [-0.2, -0.15) is 17.2 Å². The first-order chi connectivity index (χ1) is 4.73. The third kappa shape index (κ3) is 3.19. The predicted molar refractivity (Wildman–Crippen MR) is 35.6 cm³/mol. The van der Waals surface area contributed by atoms with Gasteiger partial charge >= 0.3 is 44.9 Å². The molecular weight excluding hydrogens is 212 g/mol. The Morgan fingerprint density at radius 2 is 1.75 bits per heavy atom. The van der Waals surface area contributed by atoms with Crippen LogP contribution in [-0.2, 0) is 10.1 Å². The van der Waals surface area contributed by atoms with Gasteiger partial charge in [0.25, 0.3) is 0 Å². The molecular formula is C3H6F3NaO4S. The van der Waals surface area contributed by atoms with Gasteiger partial charge in [-0.3, -0.25) is 4.55 Å². The quantitative estimate of drug-likeness (QED) is 0.478. The molecule has 9 heteroatoms. The second-order valence-electron chi connectivity index (χ2n) is 1.69. The van der Waals surface area contributed by atoms with Crippen LogP contribution < -0.4 is 0 Å². The Balaban J connectivity index is 0. The summed E-state index contributed by atoms with van der Waals surface area (Å²) in [5.41, 5.74) is 0. The summed E-state index contributed by atoms with van der Waals surface area (Å²) in [6.45, 7) is -1.67. The van der Waals surface area contributed by atoms with Crippen LogP contribution in [-0.4, -0.2) is 65.7 Å². The maximum atomic E-state index is 12.0. The van der Waals surface area contributed by atoms with Crippen LogP contribution in [0.2, 0.25) is 0 Å². The Morgan fingerprint density at radius 1 is 1.42 bits per heavy atom. The maximum absolute atomic E-state index is 12.0. The molecule has 1 unspecified atom stereocenters. The molecule has 4 nitrogen and oxygen atoms in total. The van der Waals surface area contributed by atoms with Gasteiger partial charge in [-0.25, -0.2) is 4.39 Å². The topological polar surface area (TPSA) is 74.6 Å². The van der Waals surface area contributed by atoms with Gasteiger partial charge < -0.3 is 5.11 Å². The van der Waals surface area contributed by atoms with Crippen molar-refractivity contribution in [2.24, 2.45) is 0 Å². The van der Waals surface area contributed by atoms with Gasteiger partial charge in [-0.15, -0.1) is 0 Å².